The lowest BCUT2D eigenvalue weighted by atomic mass is 9.45. The molecule has 18 rings (SSSR count). The average Bonchev–Trinajstić information content (AvgIpc) is 1.36. The van der Waals surface area contributed by atoms with Crippen LogP contribution in [0, 0.1) is 0 Å². The maximum atomic E-state index is 7.27. The van der Waals surface area contributed by atoms with Crippen molar-refractivity contribution in [2.75, 3.05) is 9.80 Å². The summed E-state index contributed by atoms with van der Waals surface area (Å²) in [7, 11) is 0. The molecule has 0 radical (unpaired) electrons. The highest BCUT2D eigenvalue weighted by molar-refractivity contribution is 6.91. The molecule has 0 spiro atoms. The minimum Gasteiger partial charge on any atom is -0.457 e. The van der Waals surface area contributed by atoms with Gasteiger partial charge in [-0.25, -0.2) is 0 Å². The number of nitrogens with zero attached hydrogens (tertiary/aromatic N) is 4. The summed E-state index contributed by atoms with van der Waals surface area (Å²) in [4.78, 5) is 4.93. The molecule has 6 nitrogen and oxygen atoms in total. The normalized spacial score (nSPS) is 13.5. The Bertz CT molecular complexity index is 5270. The second kappa shape index (κ2) is 18.5. The molecule has 6 heterocycles. The van der Waals surface area contributed by atoms with Gasteiger partial charge in [0.25, 0.3) is 0 Å². The second-order valence-corrected chi connectivity index (χ2v) is 26.4. The van der Waals surface area contributed by atoms with E-state index in [1.54, 1.807) is 0 Å². The fourth-order valence-electron chi connectivity index (χ4n) is 15.2. The Balaban J connectivity index is 0.812. The third-order valence-electron chi connectivity index (χ3n) is 19.2. The average molecular weight is 1130 g/mol. The van der Waals surface area contributed by atoms with Crippen LogP contribution in [0.5, 0.6) is 23.0 Å². The first kappa shape index (κ1) is 50.9. The maximum Gasteiger partial charge on any atom is 0.333 e. The van der Waals surface area contributed by atoms with Crippen molar-refractivity contribution < 1.29 is 9.47 Å². The van der Waals surface area contributed by atoms with Crippen molar-refractivity contribution in [2.24, 2.45) is 0 Å². The van der Waals surface area contributed by atoms with Gasteiger partial charge in [-0.15, -0.1) is 0 Å². The number of para-hydroxylation sites is 6. The fourth-order valence-corrected chi connectivity index (χ4v) is 15.2. The molecule has 0 unspecified atom stereocenters. The van der Waals surface area contributed by atoms with E-state index in [1.807, 2.05) is 30.3 Å². The predicted molar refractivity (Wildman–Crippen MR) is 369 cm³/mol. The van der Waals surface area contributed by atoms with Gasteiger partial charge in [-0.05, 0) is 175 Å². The van der Waals surface area contributed by atoms with E-state index in [9.17, 15) is 0 Å². The highest BCUT2D eigenvalue weighted by Crippen LogP contribution is 2.51. The van der Waals surface area contributed by atoms with E-state index in [-0.39, 0.29) is 24.5 Å². The maximum absolute atomic E-state index is 7.27. The van der Waals surface area contributed by atoms with Gasteiger partial charge in [0, 0.05) is 94.9 Å². The second-order valence-electron chi connectivity index (χ2n) is 26.4. The van der Waals surface area contributed by atoms with Gasteiger partial charge >= 0.3 is 13.7 Å². The Labute approximate surface area is 513 Å². The standard InChI is InChI=1S/C80H60B2N4O2/c1-79(2,3)51-42-63-60-38-37-50(40-72(60)86-77(63)64(43-51)62-45-58(87-55-28-14-9-15-29-55)48-74-76(62)82(86)68-33-18-21-36-71(68)84(74)54-26-12-8-13-27-54)49-23-22-30-56(39-49)88-57-46-65-59-31-16-19-34-69(59)85-78(65)66(47-57)61-41-52(80(4,5)6)44-73-75(61)81(85)67-32-17-20-35-70(67)83(73)53-24-10-7-11-25-53/h7-48H,1-6H3. The number of rotatable bonds is 7. The monoisotopic (exact) mass is 1130 g/mol. The smallest absolute Gasteiger partial charge is 0.333 e. The molecule has 0 bridgehead atoms. The zero-order valence-corrected chi connectivity index (χ0v) is 50.0. The lowest BCUT2D eigenvalue weighted by Crippen LogP contribution is -2.56. The SMILES string of the molecule is CC(C)(C)c1cc2c3c(c1)N(c1ccccc1)c1ccccc1B3n1c3ccccc3c3cc(Oc4cccc(-c5ccc6c7cc(C(C)(C)C)cc8c7n(c6c5)B5c6ccccc6N(c6ccccc6)c6cc(Oc7ccccc7)cc-8c65)c4)cc-2c31. The van der Waals surface area contributed by atoms with Gasteiger partial charge in [0.15, 0.2) is 0 Å². The van der Waals surface area contributed by atoms with Crippen LogP contribution in [-0.2, 0) is 10.8 Å². The van der Waals surface area contributed by atoms with Gasteiger partial charge in [0.1, 0.15) is 23.0 Å². The summed E-state index contributed by atoms with van der Waals surface area (Å²) in [6.45, 7) is 13.8. The number of anilines is 6. The van der Waals surface area contributed by atoms with Gasteiger partial charge in [0.05, 0.1) is 0 Å². The molecule has 14 aromatic rings. The number of fused-ring (bicyclic) bond motifs is 14. The van der Waals surface area contributed by atoms with Gasteiger partial charge in [-0.3, -0.25) is 0 Å². The summed E-state index contributed by atoms with van der Waals surface area (Å²) in [6, 6.07) is 93.6. The quantitative estimate of drug-likeness (QED) is 0.149. The van der Waals surface area contributed by atoms with E-state index < -0.39 is 0 Å². The van der Waals surface area contributed by atoms with Gasteiger partial charge in [-0.2, -0.15) is 0 Å². The van der Waals surface area contributed by atoms with Crippen molar-refractivity contribution in [3.05, 3.63) is 266 Å². The molecular formula is C80H60B2N4O2. The Morgan fingerprint density at radius 3 is 1.45 bits per heavy atom. The minimum absolute atomic E-state index is 0.0354. The van der Waals surface area contributed by atoms with Crippen molar-refractivity contribution >= 4 is 113 Å². The molecular weight excluding hydrogens is 1070 g/mol. The lowest BCUT2D eigenvalue weighted by molar-refractivity contribution is 0.483. The summed E-state index contributed by atoms with van der Waals surface area (Å²) in [6.07, 6.45) is 0. The summed E-state index contributed by atoms with van der Waals surface area (Å²) in [5.74, 6) is 3.19. The Morgan fingerprint density at radius 1 is 0.307 bits per heavy atom. The van der Waals surface area contributed by atoms with Gasteiger partial charge in [0.2, 0.25) is 0 Å². The van der Waals surface area contributed by atoms with Crippen LogP contribution in [0.1, 0.15) is 52.7 Å². The molecule has 418 valence electrons. The molecule has 0 saturated carbocycles. The minimum atomic E-state index is -0.132. The third kappa shape index (κ3) is 7.45. The van der Waals surface area contributed by atoms with Crippen LogP contribution in [0.15, 0.2) is 255 Å². The Kier molecular flexibility index (Phi) is 10.7. The van der Waals surface area contributed by atoms with Crippen LogP contribution in [0.25, 0.3) is 77.0 Å². The first-order chi connectivity index (χ1) is 42.9. The van der Waals surface area contributed by atoms with Crippen molar-refractivity contribution in [1.29, 1.82) is 0 Å². The van der Waals surface area contributed by atoms with Crippen LogP contribution >= 0.6 is 0 Å². The molecule has 4 aliphatic heterocycles. The molecule has 12 aromatic carbocycles. The molecule has 0 amide bonds. The van der Waals surface area contributed by atoms with Crippen molar-refractivity contribution in [3.63, 3.8) is 0 Å². The molecule has 2 aromatic heterocycles. The molecule has 0 atom stereocenters. The third-order valence-corrected chi connectivity index (χ3v) is 19.2. The number of aromatic nitrogens is 2. The number of hydrogen-bond acceptors (Lipinski definition) is 4. The molecule has 4 aliphatic rings. The number of benzene rings is 12. The molecule has 0 N–H and O–H groups in total. The molecule has 0 fully saturated rings. The largest absolute Gasteiger partial charge is 0.457 e. The highest BCUT2D eigenvalue weighted by atomic mass is 16.5. The van der Waals surface area contributed by atoms with Crippen molar-refractivity contribution in [2.45, 2.75) is 52.4 Å². The Morgan fingerprint density at radius 2 is 0.784 bits per heavy atom. The molecule has 88 heavy (non-hydrogen) atoms. The van der Waals surface area contributed by atoms with E-state index in [1.165, 1.54) is 110 Å². The van der Waals surface area contributed by atoms with Gasteiger partial charge < -0.3 is 28.2 Å². The zero-order chi connectivity index (χ0) is 58.9. The van der Waals surface area contributed by atoms with E-state index in [2.05, 4.69) is 285 Å². The van der Waals surface area contributed by atoms with Crippen LogP contribution in [-0.4, -0.2) is 22.7 Å². The summed E-state index contributed by atoms with van der Waals surface area (Å²) < 4.78 is 19.4. The van der Waals surface area contributed by atoms with Crippen LogP contribution in [0.4, 0.5) is 34.1 Å². The molecule has 0 aliphatic carbocycles. The zero-order valence-electron chi connectivity index (χ0n) is 50.0. The van der Waals surface area contributed by atoms with E-state index >= 15 is 0 Å². The van der Waals surface area contributed by atoms with Crippen LogP contribution < -0.4 is 41.1 Å². The summed E-state index contributed by atoms with van der Waals surface area (Å²) in [5.41, 5.74) is 26.3. The van der Waals surface area contributed by atoms with Gasteiger partial charge in [-0.1, -0.05) is 181 Å². The van der Waals surface area contributed by atoms with Crippen molar-refractivity contribution in [1.82, 2.24) is 8.96 Å². The van der Waals surface area contributed by atoms with Crippen LogP contribution in [0.2, 0.25) is 0 Å². The first-order valence-corrected chi connectivity index (χ1v) is 30.9. The van der Waals surface area contributed by atoms with E-state index in [4.69, 9.17) is 9.47 Å². The van der Waals surface area contributed by atoms with Crippen molar-refractivity contribution in [3.8, 4) is 56.4 Å². The van der Waals surface area contributed by atoms with E-state index in [0.29, 0.717) is 0 Å². The molecule has 0 saturated heterocycles. The lowest BCUT2D eigenvalue weighted by Gasteiger charge is -2.41. The molecule has 8 heteroatoms. The summed E-state index contributed by atoms with van der Waals surface area (Å²) in [5, 5.41) is 4.88. The van der Waals surface area contributed by atoms with E-state index in [0.717, 1.165) is 56.9 Å². The topological polar surface area (TPSA) is 34.8 Å². The summed E-state index contributed by atoms with van der Waals surface area (Å²) >= 11 is 0. The number of hydrogen-bond donors (Lipinski definition) is 0. The number of ether oxygens (including phenoxy) is 2. The fraction of sp³-hybridized carbons (Fsp3) is 0.100. The van der Waals surface area contributed by atoms with Crippen LogP contribution in [0.3, 0.4) is 0 Å². The first-order valence-electron chi connectivity index (χ1n) is 30.9. The Hall–Kier alpha value is -10.4. The predicted octanol–water partition coefficient (Wildman–Crippen LogP) is 18.6. The highest BCUT2D eigenvalue weighted by Gasteiger charge is 2.46.